The number of fused-ring (bicyclic) bond motifs is 1. The van der Waals surface area contributed by atoms with Gasteiger partial charge in [-0.1, -0.05) is 41.7 Å². The van der Waals surface area contributed by atoms with Crippen LogP contribution in [-0.2, 0) is 4.74 Å². The second kappa shape index (κ2) is 6.40. The molecule has 0 unspecified atom stereocenters. The number of nitrogens with zero attached hydrogens (tertiary/aromatic N) is 3. The summed E-state index contributed by atoms with van der Waals surface area (Å²) in [5.74, 6) is 0.874. The first-order valence-corrected chi connectivity index (χ1v) is 9.44. The number of aryl methyl sites for hydroxylation is 1. The van der Waals surface area contributed by atoms with Gasteiger partial charge < -0.3 is 14.7 Å². The molecule has 3 atom stereocenters. The van der Waals surface area contributed by atoms with Gasteiger partial charge in [0.05, 0.1) is 0 Å². The summed E-state index contributed by atoms with van der Waals surface area (Å²) in [6.45, 7) is 7.86. The molecule has 0 radical (unpaired) electrons. The zero-order chi connectivity index (χ0) is 17.6. The van der Waals surface area contributed by atoms with E-state index in [1.165, 1.54) is 21.8 Å². The van der Waals surface area contributed by atoms with Crippen LogP contribution in [-0.4, -0.2) is 45.0 Å². The molecule has 2 aromatic heterocycles. The van der Waals surface area contributed by atoms with Crippen LogP contribution in [0.2, 0.25) is 0 Å². The molecule has 1 aromatic carbocycles. The third-order valence-corrected chi connectivity index (χ3v) is 5.76. The van der Waals surface area contributed by atoms with Gasteiger partial charge in [0.1, 0.15) is 36.0 Å². The van der Waals surface area contributed by atoms with Gasteiger partial charge in [-0.3, -0.25) is 0 Å². The van der Waals surface area contributed by atoms with Crippen molar-refractivity contribution in [1.29, 1.82) is 0 Å². The van der Waals surface area contributed by atoms with Crippen molar-refractivity contribution in [2.75, 3.05) is 13.1 Å². The fourth-order valence-electron chi connectivity index (χ4n) is 3.80. The molecule has 3 heterocycles. The van der Waals surface area contributed by atoms with E-state index in [1.54, 1.807) is 4.52 Å². The Labute approximate surface area is 150 Å². The average molecular weight is 359 g/mol. The smallest absolute Gasteiger partial charge is 0.235 e. The Hall–Kier alpha value is -1.96. The predicted molar refractivity (Wildman–Crippen MR) is 96.3 cm³/mol. The SMILES string of the molecule is Cc1nc2sc([C@@H](c3ccccc3)[NH+]3C[C@@H](C)O[C@H](C)C3)c(O)n2n1. The third-order valence-electron chi connectivity index (χ3n) is 4.67. The van der Waals surface area contributed by atoms with E-state index < -0.39 is 0 Å². The van der Waals surface area contributed by atoms with Gasteiger partial charge in [0, 0.05) is 5.56 Å². The lowest BCUT2D eigenvalue weighted by Crippen LogP contribution is -3.15. The maximum absolute atomic E-state index is 10.8. The molecule has 1 aliphatic rings. The second-order valence-electron chi connectivity index (χ2n) is 6.81. The second-order valence-corrected chi connectivity index (χ2v) is 7.82. The molecule has 25 heavy (non-hydrogen) atoms. The summed E-state index contributed by atoms with van der Waals surface area (Å²) in [7, 11) is 0. The summed E-state index contributed by atoms with van der Waals surface area (Å²) >= 11 is 1.52. The lowest BCUT2D eigenvalue weighted by Gasteiger charge is -2.37. The van der Waals surface area contributed by atoms with Crippen molar-refractivity contribution in [3.63, 3.8) is 0 Å². The van der Waals surface area contributed by atoms with Crippen LogP contribution in [0.3, 0.4) is 0 Å². The first kappa shape index (κ1) is 16.5. The Morgan fingerprint density at radius 1 is 1.24 bits per heavy atom. The quantitative estimate of drug-likeness (QED) is 0.745. The van der Waals surface area contributed by atoms with Crippen LogP contribution in [0, 0.1) is 6.92 Å². The molecule has 0 saturated carbocycles. The summed E-state index contributed by atoms with van der Waals surface area (Å²) in [6, 6.07) is 10.4. The number of aromatic hydroxyl groups is 1. The molecule has 0 bridgehead atoms. The summed E-state index contributed by atoms with van der Waals surface area (Å²) in [5, 5.41) is 15.1. The van der Waals surface area contributed by atoms with Crippen LogP contribution in [0.5, 0.6) is 5.88 Å². The number of benzene rings is 1. The molecule has 132 valence electrons. The zero-order valence-corrected chi connectivity index (χ0v) is 15.5. The van der Waals surface area contributed by atoms with Gasteiger partial charge in [0.15, 0.2) is 6.04 Å². The molecule has 0 amide bonds. The lowest BCUT2D eigenvalue weighted by molar-refractivity contribution is -0.939. The Morgan fingerprint density at radius 3 is 2.56 bits per heavy atom. The highest BCUT2D eigenvalue weighted by Crippen LogP contribution is 2.35. The molecule has 0 spiro atoms. The molecular formula is C18H23N4O2S+. The van der Waals surface area contributed by atoms with Crippen molar-refractivity contribution < 1.29 is 14.7 Å². The topological polar surface area (TPSA) is 64.1 Å². The van der Waals surface area contributed by atoms with Crippen LogP contribution < -0.4 is 4.90 Å². The predicted octanol–water partition coefficient (Wildman–Crippen LogP) is 1.59. The minimum atomic E-state index is 0.0452. The highest BCUT2D eigenvalue weighted by atomic mass is 32.1. The fourth-order valence-corrected chi connectivity index (χ4v) is 4.99. The number of hydrogen-bond acceptors (Lipinski definition) is 5. The van der Waals surface area contributed by atoms with Crippen LogP contribution >= 0.6 is 11.3 Å². The maximum atomic E-state index is 10.8. The van der Waals surface area contributed by atoms with E-state index in [1.807, 2.05) is 25.1 Å². The van der Waals surface area contributed by atoms with Crippen molar-refractivity contribution in [1.82, 2.24) is 14.6 Å². The maximum Gasteiger partial charge on any atom is 0.235 e. The van der Waals surface area contributed by atoms with Gasteiger partial charge in [-0.05, 0) is 20.8 Å². The minimum Gasteiger partial charge on any atom is -0.492 e. The summed E-state index contributed by atoms with van der Waals surface area (Å²) < 4.78 is 7.47. The number of rotatable bonds is 3. The van der Waals surface area contributed by atoms with Gasteiger partial charge in [-0.25, -0.2) is 4.98 Å². The number of thiazole rings is 1. The van der Waals surface area contributed by atoms with E-state index in [0.717, 1.165) is 22.9 Å². The minimum absolute atomic E-state index is 0.0452. The molecule has 1 aliphatic heterocycles. The largest absolute Gasteiger partial charge is 0.492 e. The van der Waals surface area contributed by atoms with Crippen molar-refractivity contribution in [3.8, 4) is 5.88 Å². The van der Waals surface area contributed by atoms with Crippen LogP contribution in [0.25, 0.3) is 4.96 Å². The standard InChI is InChI=1S/C18H22N4O2S/c1-11-9-21(10-12(2)24-11)15(14-7-5-4-6-8-14)16-17(23)22-18(25-16)19-13(3)20-22/h4-8,11-12,15,23H,9-10H2,1-3H3/p+1/t11-,12-,15-/m1/s1. The van der Waals surface area contributed by atoms with Gasteiger partial charge >= 0.3 is 0 Å². The Balaban J connectivity index is 1.82. The van der Waals surface area contributed by atoms with E-state index in [9.17, 15) is 5.11 Å². The van der Waals surface area contributed by atoms with Crippen LogP contribution in [0.1, 0.15) is 36.2 Å². The summed E-state index contributed by atoms with van der Waals surface area (Å²) in [6.07, 6.45) is 0.382. The van der Waals surface area contributed by atoms with Crippen molar-refractivity contribution >= 4 is 16.3 Å². The molecule has 4 rings (SSSR count). The number of aromatic nitrogens is 3. The van der Waals surface area contributed by atoms with Gasteiger partial charge in [0.25, 0.3) is 0 Å². The molecule has 1 saturated heterocycles. The van der Waals surface area contributed by atoms with Gasteiger partial charge in [-0.2, -0.15) is 4.52 Å². The Morgan fingerprint density at radius 2 is 1.92 bits per heavy atom. The van der Waals surface area contributed by atoms with Gasteiger partial charge in [0.2, 0.25) is 10.8 Å². The molecule has 6 nitrogen and oxygen atoms in total. The van der Waals surface area contributed by atoms with Crippen molar-refractivity contribution in [2.24, 2.45) is 0 Å². The number of ether oxygens (including phenoxy) is 1. The highest BCUT2D eigenvalue weighted by Gasteiger charge is 2.37. The van der Waals surface area contributed by atoms with E-state index in [4.69, 9.17) is 4.74 Å². The normalized spacial score (nSPS) is 25.3. The Bertz CT molecular complexity index is 866. The molecule has 1 fully saturated rings. The first-order valence-electron chi connectivity index (χ1n) is 8.63. The van der Waals surface area contributed by atoms with Crippen molar-refractivity contribution in [3.05, 3.63) is 46.6 Å². The highest BCUT2D eigenvalue weighted by molar-refractivity contribution is 7.17. The third kappa shape index (κ3) is 3.03. The van der Waals surface area contributed by atoms with Crippen LogP contribution in [0.4, 0.5) is 0 Å². The van der Waals surface area contributed by atoms with E-state index in [-0.39, 0.29) is 24.1 Å². The molecule has 2 N–H and O–H groups in total. The van der Waals surface area contributed by atoms with E-state index in [0.29, 0.717) is 5.82 Å². The van der Waals surface area contributed by atoms with Crippen LogP contribution in [0.15, 0.2) is 30.3 Å². The fraction of sp³-hybridized carbons (Fsp3) is 0.444. The first-order chi connectivity index (χ1) is 12.0. The molecular weight excluding hydrogens is 336 g/mol. The Kier molecular flexibility index (Phi) is 4.23. The van der Waals surface area contributed by atoms with E-state index in [2.05, 4.69) is 36.1 Å². The average Bonchev–Trinajstić information content (AvgIpc) is 3.06. The molecule has 7 heteroatoms. The number of nitrogens with one attached hydrogen (secondary N) is 1. The summed E-state index contributed by atoms with van der Waals surface area (Å²) in [4.78, 5) is 7.47. The van der Waals surface area contributed by atoms with Crippen molar-refractivity contribution in [2.45, 2.75) is 39.0 Å². The lowest BCUT2D eigenvalue weighted by atomic mass is 10.0. The number of morpholine rings is 1. The van der Waals surface area contributed by atoms with Gasteiger partial charge in [-0.15, -0.1) is 5.10 Å². The summed E-state index contributed by atoms with van der Waals surface area (Å²) in [5.41, 5.74) is 1.19. The monoisotopic (exact) mass is 359 g/mol. The number of quaternary nitrogens is 1. The molecule has 0 aliphatic carbocycles. The molecule has 3 aromatic rings. The van der Waals surface area contributed by atoms with E-state index >= 15 is 0 Å². The zero-order valence-electron chi connectivity index (χ0n) is 14.6. The number of hydrogen-bond donors (Lipinski definition) is 2.